The molecule has 0 N–H and O–H groups in total. The van der Waals surface area contributed by atoms with Crippen LogP contribution in [0, 0.1) is 46.1 Å². The first-order valence-corrected chi connectivity index (χ1v) is 21.6. The van der Waals surface area contributed by atoms with E-state index in [0.29, 0.717) is 10.8 Å². The molecule has 4 aromatic rings. The Balaban J connectivity index is -0.000000100. The van der Waals surface area contributed by atoms with Crippen LogP contribution in [0.1, 0.15) is 179 Å². The number of aromatic nitrogens is 4. The predicted molar refractivity (Wildman–Crippen MR) is 265 cm³/mol. The summed E-state index contributed by atoms with van der Waals surface area (Å²) in [7, 11) is 0. The van der Waals surface area contributed by atoms with E-state index in [1.54, 1.807) is 49.1 Å². The lowest BCUT2D eigenvalue weighted by Gasteiger charge is -2.18. The molecule has 5 heteroatoms. The molecule has 338 valence electrons. The normalized spacial score (nSPS) is 9.43. The van der Waals surface area contributed by atoms with Crippen LogP contribution in [0.5, 0.6) is 0 Å². The monoisotopic (exact) mass is 809 g/mol. The van der Waals surface area contributed by atoms with E-state index in [9.17, 15) is 5.21 Å². The number of benzene rings is 1. The van der Waals surface area contributed by atoms with Crippen molar-refractivity contribution in [3.05, 3.63) is 127 Å². The number of hydrogen-bond acceptors (Lipinski definition) is 4. The number of rotatable bonds is 0. The predicted octanol–water partition coefficient (Wildman–Crippen LogP) is 16.9. The van der Waals surface area contributed by atoms with E-state index < -0.39 is 0 Å². The summed E-state index contributed by atoms with van der Waals surface area (Å²) in [6.07, 6.45) is 11.3. The van der Waals surface area contributed by atoms with Crippen LogP contribution in [0.25, 0.3) is 0 Å². The molecule has 0 saturated carbocycles. The van der Waals surface area contributed by atoms with Crippen LogP contribution in [0.3, 0.4) is 0 Å². The molecule has 0 radical (unpaired) electrons. The lowest BCUT2D eigenvalue weighted by atomic mass is 9.87. The fraction of sp³-hybridized carbons (Fsp3) is 0.623. The minimum atomic E-state index is 0.293. The molecule has 0 spiro atoms. The van der Waals surface area contributed by atoms with Crippen molar-refractivity contribution in [3.63, 3.8) is 0 Å². The van der Waals surface area contributed by atoms with E-state index in [0.717, 1.165) is 40.2 Å². The molecule has 0 amide bonds. The van der Waals surface area contributed by atoms with Crippen molar-refractivity contribution >= 4 is 0 Å². The Morgan fingerprint density at radius 3 is 0.741 bits per heavy atom. The molecule has 0 bridgehead atoms. The van der Waals surface area contributed by atoms with E-state index in [4.69, 9.17) is 0 Å². The third-order valence-electron chi connectivity index (χ3n) is 3.37. The van der Waals surface area contributed by atoms with Crippen LogP contribution in [0.4, 0.5) is 0 Å². The second kappa shape index (κ2) is 49.5. The molecule has 58 heavy (non-hydrogen) atoms. The Hall–Kier alpha value is -3.60. The van der Waals surface area contributed by atoms with Gasteiger partial charge in [-0.25, -0.2) is 9.97 Å². The highest BCUT2D eigenvalue weighted by molar-refractivity contribution is 5.22. The van der Waals surface area contributed by atoms with Crippen molar-refractivity contribution in [3.8, 4) is 0 Å². The van der Waals surface area contributed by atoms with Crippen molar-refractivity contribution in [2.75, 3.05) is 0 Å². The van der Waals surface area contributed by atoms with Crippen molar-refractivity contribution in [1.29, 1.82) is 0 Å². The minimum absolute atomic E-state index is 0.293. The first-order valence-electron chi connectivity index (χ1n) is 21.6. The van der Waals surface area contributed by atoms with Gasteiger partial charge in [0.25, 0.3) is 0 Å². The summed E-state index contributed by atoms with van der Waals surface area (Å²) in [6, 6.07) is 23.2. The molecule has 1 aromatic carbocycles. The number of pyridine rings is 2. The SMILES string of the molecule is CC(C)(C)C.CC(C)(C)c1ccccc1.CC(C)C.CC(C)C.CC(C)C.CC(C)C.CC(C)C.CC(C)C.[O-][n+]1ccccc1.c1ccncc1.c1cncnc1. The van der Waals surface area contributed by atoms with E-state index in [-0.39, 0.29) is 0 Å². The zero-order valence-electron chi connectivity index (χ0n) is 43.1. The van der Waals surface area contributed by atoms with E-state index in [1.807, 2.05) is 18.2 Å². The number of nitrogens with zero attached hydrogens (tertiary/aromatic N) is 4. The molecule has 3 heterocycles. The van der Waals surface area contributed by atoms with Gasteiger partial charge in [0.05, 0.1) is 0 Å². The Kier molecular flexibility index (Phi) is 59.0. The maximum atomic E-state index is 10.2. The molecule has 0 unspecified atom stereocenters. The molecule has 0 fully saturated rings. The smallest absolute Gasteiger partial charge is 0.180 e. The van der Waals surface area contributed by atoms with Crippen LogP contribution in [-0.2, 0) is 5.41 Å². The Morgan fingerprint density at radius 2 is 0.621 bits per heavy atom. The molecule has 0 aliphatic carbocycles. The van der Waals surface area contributed by atoms with Gasteiger partial charge >= 0.3 is 0 Å². The lowest BCUT2D eigenvalue weighted by molar-refractivity contribution is -0.605. The van der Waals surface area contributed by atoms with E-state index in [1.165, 1.54) is 24.3 Å². The van der Waals surface area contributed by atoms with Gasteiger partial charge in [0.1, 0.15) is 6.33 Å². The van der Waals surface area contributed by atoms with Crippen molar-refractivity contribution in [1.82, 2.24) is 15.0 Å². The third kappa shape index (κ3) is 150. The molecule has 0 aliphatic rings. The van der Waals surface area contributed by atoms with Gasteiger partial charge in [-0.3, -0.25) is 4.98 Å². The number of hydrogen-bond donors (Lipinski definition) is 0. The molecular weight excluding hydrogens is 709 g/mol. The first kappa shape index (κ1) is 69.0. The van der Waals surface area contributed by atoms with Crippen LogP contribution in [-0.4, -0.2) is 15.0 Å². The Morgan fingerprint density at radius 1 is 0.379 bits per heavy atom. The zero-order chi connectivity index (χ0) is 47.2. The Labute approximate surface area is 365 Å². The molecular formula is C53H100N4O. The quantitative estimate of drug-likeness (QED) is 0.131. The summed E-state index contributed by atoms with van der Waals surface area (Å²) in [5.41, 5.74) is 2.19. The standard InChI is InChI=1S/C10H14.C5H5NO.C5H5N.C5H12.C4H4N2.6C4H10/c1-10(2,3)9-7-5-4-6-8-9;7-6-4-2-1-3-5-6;1-2-4-6-5-3-1;1-5(2,3)4;1-2-5-4-6-3-1;6*1-4(2)3/h4-8H,1-3H3;1-5H;1-5H;1-4H3;1-4H;6*4H,1-3H3. The van der Waals surface area contributed by atoms with Crippen molar-refractivity contribution in [2.24, 2.45) is 40.9 Å². The van der Waals surface area contributed by atoms with Crippen molar-refractivity contribution < 1.29 is 4.73 Å². The molecule has 0 aliphatic heterocycles. The van der Waals surface area contributed by atoms with Gasteiger partial charge in [0.15, 0.2) is 12.4 Å². The van der Waals surface area contributed by atoms with Crippen LogP contribution in [0.2, 0.25) is 0 Å². The highest BCUT2D eigenvalue weighted by Gasteiger charge is 2.11. The van der Waals surface area contributed by atoms with Gasteiger partial charge in [0, 0.05) is 36.9 Å². The summed E-state index contributed by atoms with van der Waals surface area (Å²) in [5, 5.41) is 10.2. The highest BCUT2D eigenvalue weighted by Crippen LogP contribution is 2.20. The summed E-state index contributed by atoms with van der Waals surface area (Å²) >= 11 is 0. The molecule has 3 aromatic heterocycles. The molecule has 5 nitrogen and oxygen atoms in total. The topological polar surface area (TPSA) is 65.6 Å². The van der Waals surface area contributed by atoms with Gasteiger partial charge in [-0.1, -0.05) is 216 Å². The average Bonchev–Trinajstić information content (AvgIpc) is 3.05. The largest absolute Gasteiger partial charge is 0.619 e. The summed E-state index contributed by atoms with van der Waals surface area (Å²) in [4.78, 5) is 11.1. The summed E-state index contributed by atoms with van der Waals surface area (Å²) in [6.45, 7) is 54.4. The maximum Gasteiger partial charge on any atom is 0.180 e. The van der Waals surface area contributed by atoms with Gasteiger partial charge < -0.3 is 5.21 Å². The first-order chi connectivity index (χ1) is 26.4. The van der Waals surface area contributed by atoms with Gasteiger partial charge in [-0.2, -0.15) is 4.73 Å². The van der Waals surface area contributed by atoms with E-state index >= 15 is 0 Å². The molecule has 0 saturated heterocycles. The van der Waals surface area contributed by atoms with Gasteiger partial charge in [-0.15, -0.1) is 0 Å². The minimum Gasteiger partial charge on any atom is -0.619 e. The second-order valence-corrected chi connectivity index (χ2v) is 20.2. The fourth-order valence-electron chi connectivity index (χ4n) is 1.89. The van der Waals surface area contributed by atoms with Gasteiger partial charge in [-0.05, 0) is 70.1 Å². The average molecular weight is 809 g/mol. The summed E-state index contributed by atoms with van der Waals surface area (Å²) in [5.74, 6) is 5.00. The molecule has 0 atom stereocenters. The van der Waals surface area contributed by atoms with Crippen LogP contribution in [0.15, 0.2) is 116 Å². The highest BCUT2D eigenvalue weighted by atomic mass is 16.5. The third-order valence-corrected chi connectivity index (χ3v) is 3.37. The fourth-order valence-corrected chi connectivity index (χ4v) is 1.89. The van der Waals surface area contributed by atoms with Gasteiger partial charge in [0.2, 0.25) is 0 Å². The van der Waals surface area contributed by atoms with Crippen molar-refractivity contribution in [2.45, 2.75) is 179 Å². The van der Waals surface area contributed by atoms with Crippen LogP contribution >= 0.6 is 0 Å². The maximum absolute atomic E-state index is 10.2. The molecule has 4 rings (SSSR count). The van der Waals surface area contributed by atoms with E-state index in [2.05, 4.69) is 218 Å². The zero-order valence-corrected chi connectivity index (χ0v) is 43.1. The Bertz CT molecular complexity index is 1050. The van der Waals surface area contributed by atoms with Crippen LogP contribution < -0.4 is 4.73 Å². The second-order valence-electron chi connectivity index (χ2n) is 20.2. The lowest BCUT2D eigenvalue weighted by Crippen LogP contribution is -2.22. The summed E-state index contributed by atoms with van der Waals surface area (Å²) < 4.78 is 0.750.